The molecule has 1 unspecified atom stereocenters. The second-order valence-electron chi connectivity index (χ2n) is 14.0. The zero-order chi connectivity index (χ0) is 34.7. The minimum absolute atomic E-state index is 0.726. The maximum absolute atomic E-state index is 5.68. The zero-order valence-electron chi connectivity index (χ0n) is 30.0. The van der Waals surface area contributed by atoms with Gasteiger partial charge in [0.05, 0.1) is 45.5 Å². The van der Waals surface area contributed by atoms with Crippen molar-refractivity contribution >= 4 is 41.0 Å². The first-order chi connectivity index (χ1) is 24.3. The Morgan fingerprint density at radius 3 is 2.00 bits per heavy atom. The number of fused-ring (bicyclic) bond motifs is 3. The molecule has 1 aromatic heterocycles. The largest absolute Gasteiger partial charge is 0.497 e. The molecular weight excluding hydrogens is 619 g/mol. The van der Waals surface area contributed by atoms with Crippen LogP contribution >= 0.6 is 0 Å². The summed E-state index contributed by atoms with van der Waals surface area (Å²) >= 11 is 0. The fraction of sp³-hybridized carbons (Fsp3) is 0.279. The number of benzene rings is 4. The zero-order valence-corrected chi connectivity index (χ0v) is 30.0. The fourth-order valence-corrected chi connectivity index (χ4v) is 7.91. The van der Waals surface area contributed by atoms with Crippen LogP contribution in [-0.2, 0) is 0 Å². The van der Waals surface area contributed by atoms with Crippen LogP contribution in [0.5, 0.6) is 11.5 Å². The Labute approximate surface area is 296 Å². The molecule has 254 valence electrons. The van der Waals surface area contributed by atoms with Gasteiger partial charge in [0, 0.05) is 30.3 Å². The Hall–Kier alpha value is -5.11. The summed E-state index contributed by atoms with van der Waals surface area (Å²) in [6, 6.07) is 36.4. The standard InChI is InChI=1S/C22H28N2O2.C21H21N3/c1-17-7-10-21-18(13-17)15-23(16-24(21)11-5-4-6-12-24)20-9-8-19(25-2)14-22(20)26-3;1-17-11-12-20-18(14-17)15-23(21-10-6-7-13-22-21)16-24(20,2)19-8-4-3-5-9-19/h7-10,13-15H,4-6,11-12,16H2,1-3H3;3-15H,16H2,1-2H3/q2*+2. The van der Waals surface area contributed by atoms with Crippen molar-refractivity contribution < 1.29 is 18.6 Å². The second-order valence-corrected chi connectivity index (χ2v) is 14.0. The van der Waals surface area contributed by atoms with E-state index >= 15 is 0 Å². The Morgan fingerprint density at radius 1 is 0.640 bits per heavy atom. The van der Waals surface area contributed by atoms with E-state index in [0.717, 1.165) is 45.3 Å². The molecule has 4 aromatic carbocycles. The van der Waals surface area contributed by atoms with E-state index in [1.165, 1.54) is 71.7 Å². The number of aryl methyl sites for hydroxylation is 2. The maximum atomic E-state index is 5.68. The number of hydrogen-bond donors (Lipinski definition) is 0. The van der Waals surface area contributed by atoms with Crippen molar-refractivity contribution in [2.24, 2.45) is 0 Å². The van der Waals surface area contributed by atoms with Gasteiger partial charge in [0.25, 0.3) is 12.4 Å². The van der Waals surface area contributed by atoms with E-state index in [1.54, 1.807) is 14.2 Å². The van der Waals surface area contributed by atoms with Crippen molar-refractivity contribution in [3.63, 3.8) is 0 Å². The molecule has 1 spiro atoms. The molecule has 0 amide bonds. The molecule has 7 nitrogen and oxygen atoms in total. The number of pyridine rings is 1. The molecule has 8 rings (SSSR count). The van der Waals surface area contributed by atoms with E-state index in [-0.39, 0.29) is 0 Å². The molecule has 0 bridgehead atoms. The highest BCUT2D eigenvalue weighted by atomic mass is 16.5. The third kappa shape index (κ3) is 6.47. The first-order valence-corrected chi connectivity index (χ1v) is 17.7. The van der Waals surface area contributed by atoms with Crippen LogP contribution in [0.15, 0.2) is 109 Å². The summed E-state index contributed by atoms with van der Waals surface area (Å²) in [5.41, 5.74) is 10.3. The summed E-state index contributed by atoms with van der Waals surface area (Å²) in [7, 11) is 5.69. The predicted molar refractivity (Wildman–Crippen MR) is 205 cm³/mol. The molecule has 1 atom stereocenters. The van der Waals surface area contributed by atoms with Gasteiger partial charge >= 0.3 is 5.82 Å². The number of piperidine rings is 1. The number of aromatic nitrogens is 1. The lowest BCUT2D eigenvalue weighted by molar-refractivity contribution is -0.463. The molecule has 3 aliphatic rings. The normalized spacial score (nSPS) is 18.8. The fourth-order valence-electron chi connectivity index (χ4n) is 7.91. The van der Waals surface area contributed by atoms with Gasteiger partial charge in [-0.2, -0.15) is 4.58 Å². The Kier molecular flexibility index (Phi) is 9.36. The predicted octanol–water partition coefficient (Wildman–Crippen LogP) is 8.63. The Balaban J connectivity index is 0.000000157. The van der Waals surface area contributed by atoms with Gasteiger partial charge < -0.3 is 9.47 Å². The van der Waals surface area contributed by atoms with Gasteiger partial charge in [-0.1, -0.05) is 36.4 Å². The minimum Gasteiger partial charge on any atom is -0.497 e. The molecule has 0 saturated carbocycles. The van der Waals surface area contributed by atoms with Gasteiger partial charge in [-0.25, -0.2) is 8.97 Å². The first kappa shape index (κ1) is 33.4. The van der Waals surface area contributed by atoms with Crippen LogP contribution in [0.4, 0.5) is 28.6 Å². The lowest BCUT2D eigenvalue weighted by Crippen LogP contribution is -2.58. The van der Waals surface area contributed by atoms with Crippen molar-refractivity contribution in [3.05, 3.63) is 132 Å². The average molecular weight is 668 g/mol. The van der Waals surface area contributed by atoms with Crippen molar-refractivity contribution in [1.29, 1.82) is 0 Å². The monoisotopic (exact) mass is 667 g/mol. The Morgan fingerprint density at radius 2 is 1.32 bits per heavy atom. The molecule has 7 heteroatoms. The first-order valence-electron chi connectivity index (χ1n) is 17.7. The number of quaternary nitrogens is 2. The Bertz CT molecular complexity index is 2050. The van der Waals surface area contributed by atoms with E-state index < -0.39 is 0 Å². The van der Waals surface area contributed by atoms with E-state index in [9.17, 15) is 0 Å². The van der Waals surface area contributed by atoms with Crippen molar-refractivity contribution in [3.8, 4) is 11.5 Å². The number of rotatable bonds is 5. The lowest BCUT2D eigenvalue weighted by Gasteiger charge is -2.40. The van der Waals surface area contributed by atoms with Crippen LogP contribution in [0.2, 0.25) is 0 Å². The van der Waals surface area contributed by atoms with Crippen molar-refractivity contribution in [2.75, 3.05) is 47.7 Å². The topological polar surface area (TPSA) is 37.4 Å². The van der Waals surface area contributed by atoms with Gasteiger partial charge in [0.15, 0.2) is 23.3 Å². The number of nitrogens with zero attached hydrogens (tertiary/aromatic N) is 5. The van der Waals surface area contributed by atoms with Crippen LogP contribution in [-0.4, -0.2) is 74.3 Å². The van der Waals surface area contributed by atoms with Gasteiger partial charge in [0.2, 0.25) is 6.67 Å². The smallest absolute Gasteiger partial charge is 0.327 e. The molecule has 4 heterocycles. The third-order valence-corrected chi connectivity index (χ3v) is 10.5. The molecule has 1 fully saturated rings. The van der Waals surface area contributed by atoms with Crippen LogP contribution in [0.3, 0.4) is 0 Å². The summed E-state index contributed by atoms with van der Waals surface area (Å²) in [5, 5.41) is 0. The molecule has 0 N–H and O–H groups in total. The van der Waals surface area contributed by atoms with E-state index in [4.69, 9.17) is 9.47 Å². The molecule has 0 aliphatic carbocycles. The third-order valence-electron chi connectivity index (χ3n) is 10.5. The van der Waals surface area contributed by atoms with E-state index in [0.29, 0.717) is 0 Å². The quantitative estimate of drug-likeness (QED) is 0.139. The highest BCUT2D eigenvalue weighted by Gasteiger charge is 2.43. The minimum atomic E-state index is 0.726. The summed E-state index contributed by atoms with van der Waals surface area (Å²) < 4.78 is 17.4. The molecule has 5 aromatic rings. The van der Waals surface area contributed by atoms with Gasteiger partial charge in [-0.05, 0) is 85.6 Å². The summed E-state index contributed by atoms with van der Waals surface area (Å²) in [5.74, 6) is 2.65. The number of ether oxygens (including phenoxy) is 2. The second kappa shape index (κ2) is 14.0. The van der Waals surface area contributed by atoms with Crippen LogP contribution in [0, 0.1) is 13.8 Å². The number of para-hydroxylation sites is 1. The molecular formula is C43H49N5O2+4. The number of methoxy groups -OCH3 is 2. The highest BCUT2D eigenvalue weighted by Crippen LogP contribution is 2.40. The van der Waals surface area contributed by atoms with Crippen LogP contribution in [0.1, 0.15) is 41.5 Å². The van der Waals surface area contributed by atoms with Gasteiger partial charge in [-0.15, -0.1) is 4.58 Å². The van der Waals surface area contributed by atoms with Crippen LogP contribution < -0.4 is 18.4 Å². The summed E-state index contributed by atoms with van der Waals surface area (Å²) in [6.07, 6.45) is 10.3. The molecule has 1 saturated heterocycles. The van der Waals surface area contributed by atoms with Crippen LogP contribution in [0.25, 0.3) is 0 Å². The SMILES string of the molecule is COc1ccc([N+]2=Cc3cc(C)ccc3[N+]3(CCCCC3)C2)c(OC)c1.Cc1ccc2c(c1)C=[N+](c1ccccn1)C[N+]2(C)c1ccccc1. The lowest BCUT2D eigenvalue weighted by atomic mass is 10.0. The molecule has 0 radical (unpaired) electrons. The number of hydrogen-bond acceptors (Lipinski definition) is 3. The summed E-state index contributed by atoms with van der Waals surface area (Å²) in [6.45, 7) is 8.50. The highest BCUT2D eigenvalue weighted by molar-refractivity contribution is 5.88. The van der Waals surface area contributed by atoms with E-state index in [1.807, 2.05) is 30.5 Å². The van der Waals surface area contributed by atoms with E-state index in [2.05, 4.69) is 126 Å². The van der Waals surface area contributed by atoms with Gasteiger partial charge in [-0.3, -0.25) is 0 Å². The average Bonchev–Trinajstić information content (AvgIpc) is 3.15. The molecule has 3 aliphatic heterocycles. The molecule has 50 heavy (non-hydrogen) atoms. The van der Waals surface area contributed by atoms with Crippen molar-refractivity contribution in [2.45, 2.75) is 33.1 Å². The van der Waals surface area contributed by atoms with Crippen molar-refractivity contribution in [1.82, 2.24) is 14.0 Å². The maximum Gasteiger partial charge on any atom is 0.327 e. The summed E-state index contributed by atoms with van der Waals surface area (Å²) in [4.78, 5) is 4.54. The van der Waals surface area contributed by atoms with Gasteiger partial charge in [0.1, 0.15) is 23.8 Å².